The molecule has 9 heteroatoms. The van der Waals surface area contributed by atoms with Crippen molar-refractivity contribution in [3.63, 3.8) is 0 Å². The standard InChI is InChI=1S/C22H26N4O3S2/c1-17(2)30-22-24-23-21(26(22)16-18-7-4-3-5-8-18)19-9-6-10-20(15-19)31(27,28)25-11-13-29-14-12-25/h3-10,15,17H,11-14,16H2,1-2H3. The summed E-state index contributed by atoms with van der Waals surface area (Å²) in [5.74, 6) is 0.658. The van der Waals surface area contributed by atoms with E-state index in [2.05, 4.69) is 40.7 Å². The van der Waals surface area contributed by atoms with Crippen LogP contribution in [0.3, 0.4) is 0 Å². The van der Waals surface area contributed by atoms with Gasteiger partial charge in [-0.2, -0.15) is 4.31 Å². The third-order valence-electron chi connectivity index (χ3n) is 4.94. The fraction of sp³-hybridized carbons (Fsp3) is 0.364. The highest BCUT2D eigenvalue weighted by Gasteiger charge is 2.27. The molecule has 0 radical (unpaired) electrons. The van der Waals surface area contributed by atoms with Gasteiger partial charge in [-0.1, -0.05) is 68.1 Å². The van der Waals surface area contributed by atoms with Crippen LogP contribution in [0, 0.1) is 0 Å². The summed E-state index contributed by atoms with van der Waals surface area (Å²) in [6, 6.07) is 17.1. The minimum Gasteiger partial charge on any atom is -0.379 e. The van der Waals surface area contributed by atoms with Crippen molar-refractivity contribution in [3.05, 3.63) is 60.2 Å². The first-order chi connectivity index (χ1) is 14.9. The van der Waals surface area contributed by atoms with Gasteiger partial charge in [-0.25, -0.2) is 8.42 Å². The van der Waals surface area contributed by atoms with Crippen LogP contribution in [0.5, 0.6) is 0 Å². The molecule has 0 unspecified atom stereocenters. The van der Waals surface area contributed by atoms with E-state index in [0.717, 1.165) is 16.3 Å². The lowest BCUT2D eigenvalue weighted by Gasteiger charge is -2.26. The minimum atomic E-state index is -3.59. The van der Waals surface area contributed by atoms with E-state index in [-0.39, 0.29) is 4.90 Å². The van der Waals surface area contributed by atoms with Crippen LogP contribution in [0.4, 0.5) is 0 Å². The highest BCUT2D eigenvalue weighted by atomic mass is 32.2. The van der Waals surface area contributed by atoms with Crippen LogP contribution >= 0.6 is 11.8 Å². The van der Waals surface area contributed by atoms with Crippen LogP contribution in [0.2, 0.25) is 0 Å². The van der Waals surface area contributed by atoms with Gasteiger partial charge in [0.25, 0.3) is 0 Å². The lowest BCUT2D eigenvalue weighted by Crippen LogP contribution is -2.40. The van der Waals surface area contributed by atoms with Crippen LogP contribution in [0.15, 0.2) is 64.6 Å². The summed E-state index contributed by atoms with van der Waals surface area (Å²) in [6.07, 6.45) is 0. The quantitative estimate of drug-likeness (QED) is 0.504. The van der Waals surface area contributed by atoms with Gasteiger partial charge in [0.2, 0.25) is 10.0 Å². The van der Waals surface area contributed by atoms with E-state index in [1.807, 2.05) is 24.3 Å². The Hall–Kier alpha value is -2.20. The molecule has 2 heterocycles. The van der Waals surface area contributed by atoms with Gasteiger partial charge in [-0.3, -0.25) is 4.57 Å². The van der Waals surface area contributed by atoms with Crippen molar-refractivity contribution in [2.75, 3.05) is 26.3 Å². The molecule has 164 valence electrons. The van der Waals surface area contributed by atoms with Gasteiger partial charge in [0.15, 0.2) is 11.0 Å². The Morgan fingerprint density at radius 1 is 1.03 bits per heavy atom. The van der Waals surface area contributed by atoms with Gasteiger partial charge in [-0.15, -0.1) is 10.2 Å². The summed E-state index contributed by atoms with van der Waals surface area (Å²) in [5, 5.41) is 10.0. The average molecular weight is 459 g/mol. The number of thioether (sulfide) groups is 1. The second kappa shape index (κ2) is 9.52. The van der Waals surface area contributed by atoms with Gasteiger partial charge in [-0.05, 0) is 17.7 Å². The van der Waals surface area contributed by atoms with Crippen LogP contribution in [0.1, 0.15) is 19.4 Å². The predicted molar refractivity (Wildman–Crippen MR) is 122 cm³/mol. The molecule has 7 nitrogen and oxygen atoms in total. The third-order valence-corrected chi connectivity index (χ3v) is 7.82. The van der Waals surface area contributed by atoms with Crippen molar-refractivity contribution in [2.45, 2.75) is 35.7 Å². The summed E-state index contributed by atoms with van der Waals surface area (Å²) < 4.78 is 35.1. The first-order valence-corrected chi connectivity index (χ1v) is 12.6. The normalized spacial score (nSPS) is 15.5. The summed E-state index contributed by atoms with van der Waals surface area (Å²) >= 11 is 1.64. The number of hydrogen-bond acceptors (Lipinski definition) is 6. The molecule has 1 fully saturated rings. The number of benzene rings is 2. The molecule has 0 atom stereocenters. The van der Waals surface area contributed by atoms with Crippen molar-refractivity contribution < 1.29 is 13.2 Å². The lowest BCUT2D eigenvalue weighted by molar-refractivity contribution is 0.0730. The summed E-state index contributed by atoms with van der Waals surface area (Å²) in [4.78, 5) is 0.263. The molecule has 0 aliphatic carbocycles. The second-order valence-electron chi connectivity index (χ2n) is 7.59. The first-order valence-electron chi connectivity index (χ1n) is 10.3. The topological polar surface area (TPSA) is 77.3 Å². The van der Waals surface area contributed by atoms with Crippen LogP contribution in [-0.4, -0.2) is 59.0 Å². The third kappa shape index (κ3) is 5.01. The zero-order valence-electron chi connectivity index (χ0n) is 17.6. The van der Waals surface area contributed by atoms with E-state index in [9.17, 15) is 8.42 Å². The van der Waals surface area contributed by atoms with E-state index in [1.54, 1.807) is 30.0 Å². The molecule has 0 amide bonds. The van der Waals surface area contributed by atoms with E-state index in [1.165, 1.54) is 4.31 Å². The molecule has 3 aromatic rings. The first kappa shape index (κ1) is 22.0. The molecule has 0 spiro atoms. The molecule has 31 heavy (non-hydrogen) atoms. The van der Waals surface area contributed by atoms with E-state index >= 15 is 0 Å². The highest BCUT2D eigenvalue weighted by molar-refractivity contribution is 7.99. The van der Waals surface area contributed by atoms with Gasteiger partial charge in [0.1, 0.15) is 0 Å². The van der Waals surface area contributed by atoms with Crippen molar-refractivity contribution in [2.24, 2.45) is 0 Å². The van der Waals surface area contributed by atoms with Crippen LogP contribution in [0.25, 0.3) is 11.4 Å². The number of sulfonamides is 1. The zero-order chi connectivity index (χ0) is 21.8. The summed E-state index contributed by atoms with van der Waals surface area (Å²) in [7, 11) is -3.59. The Morgan fingerprint density at radius 2 is 1.77 bits per heavy atom. The molecule has 1 aliphatic heterocycles. The molecule has 4 rings (SSSR count). The van der Waals surface area contributed by atoms with E-state index < -0.39 is 10.0 Å². The molecular formula is C22H26N4O3S2. The average Bonchev–Trinajstić information content (AvgIpc) is 3.16. The Bertz CT molecular complexity index is 1120. The Kier molecular flexibility index (Phi) is 6.76. The maximum Gasteiger partial charge on any atom is 0.243 e. The number of morpholine rings is 1. The van der Waals surface area contributed by atoms with E-state index in [4.69, 9.17) is 4.74 Å². The molecule has 0 saturated carbocycles. The van der Waals surface area contributed by atoms with Gasteiger partial charge in [0.05, 0.1) is 24.7 Å². The van der Waals surface area contributed by atoms with Crippen molar-refractivity contribution in [1.29, 1.82) is 0 Å². The fourth-order valence-electron chi connectivity index (χ4n) is 3.44. The Labute approximate surface area is 187 Å². The molecular weight excluding hydrogens is 432 g/mol. The second-order valence-corrected chi connectivity index (χ2v) is 11.1. The van der Waals surface area contributed by atoms with Crippen molar-refractivity contribution in [3.8, 4) is 11.4 Å². The predicted octanol–water partition coefficient (Wildman–Crippen LogP) is 3.51. The Balaban J connectivity index is 1.72. The Morgan fingerprint density at radius 3 is 2.48 bits per heavy atom. The van der Waals surface area contributed by atoms with Gasteiger partial charge in [0, 0.05) is 23.9 Å². The largest absolute Gasteiger partial charge is 0.379 e. The maximum atomic E-state index is 13.1. The van der Waals surface area contributed by atoms with Crippen molar-refractivity contribution >= 4 is 21.8 Å². The van der Waals surface area contributed by atoms with Gasteiger partial charge < -0.3 is 4.74 Å². The molecule has 0 N–H and O–H groups in total. The highest BCUT2D eigenvalue weighted by Crippen LogP contribution is 2.29. The van der Waals surface area contributed by atoms with Crippen LogP contribution in [-0.2, 0) is 21.3 Å². The van der Waals surface area contributed by atoms with E-state index in [0.29, 0.717) is 43.9 Å². The number of hydrogen-bond donors (Lipinski definition) is 0. The summed E-state index contributed by atoms with van der Waals surface area (Å²) in [5.41, 5.74) is 1.86. The zero-order valence-corrected chi connectivity index (χ0v) is 19.3. The molecule has 1 aromatic heterocycles. The molecule has 2 aromatic carbocycles. The minimum absolute atomic E-state index is 0.263. The van der Waals surface area contributed by atoms with Crippen LogP contribution < -0.4 is 0 Å². The summed E-state index contributed by atoms with van der Waals surface area (Å²) in [6.45, 7) is 6.40. The smallest absolute Gasteiger partial charge is 0.243 e. The molecule has 1 aliphatic rings. The maximum absolute atomic E-state index is 13.1. The SMILES string of the molecule is CC(C)Sc1nnc(-c2cccc(S(=O)(=O)N3CCOCC3)c2)n1Cc1ccccc1. The number of rotatable bonds is 7. The fourth-order valence-corrected chi connectivity index (χ4v) is 5.68. The number of nitrogens with zero attached hydrogens (tertiary/aromatic N) is 4. The monoisotopic (exact) mass is 458 g/mol. The van der Waals surface area contributed by atoms with Gasteiger partial charge >= 0.3 is 0 Å². The number of ether oxygens (including phenoxy) is 1. The molecule has 1 saturated heterocycles. The van der Waals surface area contributed by atoms with Crippen molar-refractivity contribution in [1.82, 2.24) is 19.1 Å². The lowest BCUT2D eigenvalue weighted by atomic mass is 10.2. The molecule has 0 bridgehead atoms. The number of aromatic nitrogens is 3.